The van der Waals surface area contributed by atoms with Gasteiger partial charge in [-0.05, 0) is 30.2 Å². The molecule has 1 fully saturated rings. The zero-order valence-electron chi connectivity index (χ0n) is 13.5. The molecular weight excluding hydrogens is 312 g/mol. The lowest BCUT2D eigenvalue weighted by Gasteiger charge is -2.21. The second-order valence-electron chi connectivity index (χ2n) is 5.75. The van der Waals surface area contributed by atoms with Crippen molar-refractivity contribution >= 4 is 17.9 Å². The Kier molecular flexibility index (Phi) is 4.59. The number of carbonyl (C=O) groups is 2. The monoisotopic (exact) mass is 332 g/mol. The van der Waals surface area contributed by atoms with Gasteiger partial charge in [0.15, 0.2) is 11.5 Å². The zero-order chi connectivity index (χ0) is 17.1. The Hall–Kier alpha value is -2.70. The highest BCUT2D eigenvalue weighted by molar-refractivity contribution is 5.92. The van der Waals surface area contributed by atoms with Gasteiger partial charge in [-0.3, -0.25) is 9.59 Å². The number of ether oxygens (including phenoxy) is 3. The predicted octanol–water partition coefficient (Wildman–Crippen LogP) is 0.813. The van der Waals surface area contributed by atoms with Crippen LogP contribution in [0.15, 0.2) is 18.2 Å². The summed E-state index contributed by atoms with van der Waals surface area (Å²) in [4.78, 5) is 25.0. The molecule has 0 radical (unpaired) electrons. The molecule has 7 nitrogen and oxygen atoms in total. The van der Waals surface area contributed by atoms with E-state index in [0.717, 1.165) is 5.56 Å². The summed E-state index contributed by atoms with van der Waals surface area (Å²) in [5.41, 5.74) is 6.06. The first-order valence-corrected chi connectivity index (χ1v) is 7.82. The fourth-order valence-electron chi connectivity index (χ4n) is 2.86. The molecular formula is C17H20N2O5. The van der Waals surface area contributed by atoms with E-state index in [1.165, 1.54) is 6.08 Å². The predicted molar refractivity (Wildman–Crippen MR) is 86.9 cm³/mol. The number of benzene rings is 1. The minimum absolute atomic E-state index is 0.146. The van der Waals surface area contributed by atoms with Gasteiger partial charge in [-0.1, -0.05) is 0 Å². The molecule has 1 aromatic carbocycles. The van der Waals surface area contributed by atoms with Crippen molar-refractivity contribution in [1.82, 2.24) is 4.90 Å². The molecule has 2 heterocycles. The summed E-state index contributed by atoms with van der Waals surface area (Å²) in [5, 5.41) is 0. The number of rotatable bonds is 4. The summed E-state index contributed by atoms with van der Waals surface area (Å²) >= 11 is 0. The number of nitrogens with two attached hydrogens (primary N) is 1. The lowest BCUT2D eigenvalue weighted by molar-refractivity contribution is -0.125. The molecule has 24 heavy (non-hydrogen) atoms. The number of fused-ring (bicyclic) bond motifs is 1. The highest BCUT2D eigenvalue weighted by Crippen LogP contribution is 2.40. The van der Waals surface area contributed by atoms with E-state index >= 15 is 0 Å². The Balaban J connectivity index is 1.72. The maximum Gasteiger partial charge on any atom is 0.246 e. The fourth-order valence-corrected chi connectivity index (χ4v) is 2.86. The maximum absolute atomic E-state index is 12.2. The second kappa shape index (κ2) is 6.82. The van der Waals surface area contributed by atoms with Gasteiger partial charge in [0, 0.05) is 19.2 Å². The molecule has 0 saturated carbocycles. The molecule has 2 amide bonds. The third kappa shape index (κ3) is 3.29. The number of methoxy groups -OCH3 is 1. The van der Waals surface area contributed by atoms with E-state index in [0.29, 0.717) is 50.0 Å². The van der Waals surface area contributed by atoms with Crippen molar-refractivity contribution in [2.45, 2.75) is 6.42 Å². The highest BCUT2D eigenvalue weighted by Gasteiger charge is 2.28. The normalized spacial score (nSPS) is 19.5. The van der Waals surface area contributed by atoms with Crippen LogP contribution in [0, 0.1) is 5.92 Å². The summed E-state index contributed by atoms with van der Waals surface area (Å²) in [6.07, 6.45) is 3.79. The summed E-state index contributed by atoms with van der Waals surface area (Å²) in [6.45, 7) is 1.88. The summed E-state index contributed by atoms with van der Waals surface area (Å²) < 4.78 is 16.4. The van der Waals surface area contributed by atoms with Crippen LogP contribution in [0.2, 0.25) is 0 Å². The van der Waals surface area contributed by atoms with Crippen molar-refractivity contribution in [3.8, 4) is 17.2 Å². The molecule has 0 bridgehead atoms. The van der Waals surface area contributed by atoms with Crippen LogP contribution in [0.25, 0.3) is 6.08 Å². The van der Waals surface area contributed by atoms with Crippen LogP contribution in [0.3, 0.4) is 0 Å². The number of carbonyl (C=O) groups excluding carboxylic acids is 2. The highest BCUT2D eigenvalue weighted by atomic mass is 16.6. The van der Waals surface area contributed by atoms with Crippen LogP contribution in [0.1, 0.15) is 12.0 Å². The summed E-state index contributed by atoms with van der Waals surface area (Å²) in [5.74, 6) is 0.989. The van der Waals surface area contributed by atoms with Crippen LogP contribution >= 0.6 is 0 Å². The van der Waals surface area contributed by atoms with Crippen LogP contribution < -0.4 is 19.9 Å². The Labute approximate surface area is 140 Å². The van der Waals surface area contributed by atoms with Crippen molar-refractivity contribution in [1.29, 1.82) is 0 Å². The first-order valence-electron chi connectivity index (χ1n) is 7.82. The van der Waals surface area contributed by atoms with Gasteiger partial charge in [0.25, 0.3) is 0 Å². The first kappa shape index (κ1) is 16.2. The largest absolute Gasteiger partial charge is 0.493 e. The van der Waals surface area contributed by atoms with E-state index in [2.05, 4.69) is 0 Å². The Bertz CT molecular complexity index is 669. The molecule has 2 N–H and O–H groups in total. The Morgan fingerprint density at radius 3 is 2.83 bits per heavy atom. The summed E-state index contributed by atoms with van der Waals surface area (Å²) in [6, 6.07) is 3.59. The van der Waals surface area contributed by atoms with Crippen molar-refractivity contribution in [3.63, 3.8) is 0 Å². The van der Waals surface area contributed by atoms with Gasteiger partial charge in [-0.15, -0.1) is 0 Å². The number of hydrogen-bond acceptors (Lipinski definition) is 5. The van der Waals surface area contributed by atoms with Gasteiger partial charge in [-0.25, -0.2) is 0 Å². The molecule has 0 spiro atoms. The number of nitrogens with zero attached hydrogens (tertiary/aromatic N) is 1. The molecule has 3 rings (SSSR count). The van der Waals surface area contributed by atoms with Crippen molar-refractivity contribution in [2.75, 3.05) is 33.4 Å². The third-order valence-electron chi connectivity index (χ3n) is 4.17. The van der Waals surface area contributed by atoms with Gasteiger partial charge >= 0.3 is 0 Å². The van der Waals surface area contributed by atoms with Crippen LogP contribution in [-0.4, -0.2) is 50.1 Å². The van der Waals surface area contributed by atoms with Crippen molar-refractivity contribution < 1.29 is 23.8 Å². The van der Waals surface area contributed by atoms with E-state index in [1.807, 2.05) is 0 Å². The van der Waals surface area contributed by atoms with Crippen LogP contribution in [-0.2, 0) is 9.59 Å². The molecule has 1 aromatic rings. The number of likely N-dealkylation sites (tertiary alicyclic amines) is 1. The first-order chi connectivity index (χ1) is 11.6. The molecule has 2 aliphatic heterocycles. The Morgan fingerprint density at radius 2 is 2.12 bits per heavy atom. The average Bonchev–Trinajstić information content (AvgIpc) is 3.09. The second-order valence-corrected chi connectivity index (χ2v) is 5.75. The Morgan fingerprint density at radius 1 is 1.33 bits per heavy atom. The van der Waals surface area contributed by atoms with Gasteiger partial charge < -0.3 is 24.8 Å². The van der Waals surface area contributed by atoms with E-state index in [9.17, 15) is 9.59 Å². The van der Waals surface area contributed by atoms with Gasteiger partial charge in [0.05, 0.1) is 13.0 Å². The molecule has 1 atom stereocenters. The van der Waals surface area contributed by atoms with E-state index in [-0.39, 0.29) is 17.7 Å². The molecule has 1 saturated heterocycles. The standard InChI is InChI=1S/C17H20N2O5/c1-22-13-8-11(9-14-16(13)24-7-6-23-14)2-3-15(20)19-5-4-12(10-19)17(18)21/h2-3,8-9,12H,4-7,10H2,1H3,(H2,18,21). The van der Waals surface area contributed by atoms with Gasteiger partial charge in [0.2, 0.25) is 17.6 Å². The van der Waals surface area contributed by atoms with Crippen molar-refractivity contribution in [3.05, 3.63) is 23.8 Å². The minimum atomic E-state index is -0.356. The van der Waals surface area contributed by atoms with Gasteiger partial charge in [-0.2, -0.15) is 0 Å². The lowest BCUT2D eigenvalue weighted by Crippen LogP contribution is -2.30. The van der Waals surface area contributed by atoms with Crippen LogP contribution in [0.5, 0.6) is 17.2 Å². The molecule has 0 aromatic heterocycles. The summed E-state index contributed by atoms with van der Waals surface area (Å²) in [7, 11) is 1.56. The average molecular weight is 332 g/mol. The smallest absolute Gasteiger partial charge is 0.246 e. The number of amides is 2. The van der Waals surface area contributed by atoms with E-state index < -0.39 is 0 Å². The van der Waals surface area contributed by atoms with E-state index in [1.54, 1.807) is 30.2 Å². The quantitative estimate of drug-likeness (QED) is 0.824. The van der Waals surface area contributed by atoms with Crippen molar-refractivity contribution in [2.24, 2.45) is 11.7 Å². The minimum Gasteiger partial charge on any atom is -0.493 e. The van der Waals surface area contributed by atoms with Crippen LogP contribution in [0.4, 0.5) is 0 Å². The molecule has 0 aliphatic carbocycles. The number of hydrogen-bond donors (Lipinski definition) is 1. The zero-order valence-corrected chi connectivity index (χ0v) is 13.5. The number of primary amides is 1. The van der Waals surface area contributed by atoms with Gasteiger partial charge in [0.1, 0.15) is 13.2 Å². The molecule has 7 heteroatoms. The topological polar surface area (TPSA) is 91.1 Å². The molecule has 128 valence electrons. The SMILES string of the molecule is COc1cc(C=CC(=O)N2CCC(C(N)=O)C2)cc2c1OCCO2. The maximum atomic E-state index is 12.2. The fraction of sp³-hybridized carbons (Fsp3) is 0.412. The molecule has 2 aliphatic rings. The third-order valence-corrected chi connectivity index (χ3v) is 4.17. The lowest BCUT2D eigenvalue weighted by atomic mass is 10.1. The molecule has 1 unspecified atom stereocenters. The van der Waals surface area contributed by atoms with E-state index in [4.69, 9.17) is 19.9 Å².